The fourth-order valence-electron chi connectivity index (χ4n) is 2.64. The highest BCUT2D eigenvalue weighted by Gasteiger charge is 2.38. The van der Waals surface area contributed by atoms with E-state index in [0.717, 1.165) is 12.8 Å². The number of esters is 1. The Balaban J connectivity index is 4.45. The number of ether oxygens (including phenoxy) is 1. The third-order valence-electron chi connectivity index (χ3n) is 5.42. The minimum Gasteiger partial charge on any atom is -0.456 e. The summed E-state index contributed by atoms with van der Waals surface area (Å²) in [6, 6.07) is 0. The third kappa shape index (κ3) is 13.1. The van der Waals surface area contributed by atoms with Gasteiger partial charge in [-0.2, -0.15) is 0 Å². The number of carbonyl (C=O) groups excluding carboxylic acids is 1. The smallest absolute Gasteiger partial charge is 0.384 e. The first kappa shape index (κ1) is 26.2. The van der Waals surface area contributed by atoms with Crippen molar-refractivity contribution in [1.29, 1.82) is 0 Å². The highest BCUT2D eigenvalue weighted by atomic mass is 28.4. The van der Waals surface area contributed by atoms with Gasteiger partial charge in [-0.05, 0) is 37.9 Å². The quantitative estimate of drug-likeness (QED) is 0.112. The van der Waals surface area contributed by atoms with Gasteiger partial charge in [-0.3, -0.25) is 0 Å². The molecule has 0 rings (SSSR count). The highest BCUT2D eigenvalue weighted by Crippen LogP contribution is 2.37. The van der Waals surface area contributed by atoms with Crippen molar-refractivity contribution >= 4 is 14.3 Å². The van der Waals surface area contributed by atoms with E-state index in [1.165, 1.54) is 51.4 Å². The predicted octanol–water partition coefficient (Wildman–Crippen LogP) is 6.86. The van der Waals surface area contributed by atoms with E-state index >= 15 is 0 Å². The van der Waals surface area contributed by atoms with Gasteiger partial charge in [0.15, 0.2) is 8.32 Å². The van der Waals surface area contributed by atoms with Crippen LogP contribution in [0, 0.1) is 11.8 Å². The zero-order chi connectivity index (χ0) is 20.8. The highest BCUT2D eigenvalue weighted by molar-refractivity contribution is 6.74. The normalized spacial score (nSPS) is 13.0. The molecule has 4 heteroatoms. The molecule has 0 spiro atoms. The maximum Gasteiger partial charge on any atom is 0.384 e. The van der Waals surface area contributed by atoms with E-state index in [0.29, 0.717) is 6.61 Å². The molecule has 0 aromatic carbocycles. The molecule has 0 fully saturated rings. The summed E-state index contributed by atoms with van der Waals surface area (Å²) in [6.07, 6.45) is 12.4. The average molecular weight is 397 g/mol. The SMILES string of the molecule is CCCCCCCCCCCC(C#CC(=O)OCC)O[Si](C)(C)C(C)(C)C. The number of rotatable bonds is 13. The van der Waals surface area contributed by atoms with Crippen LogP contribution in [0.1, 0.15) is 98.8 Å². The molecule has 0 amide bonds. The van der Waals surface area contributed by atoms with Gasteiger partial charge in [-0.25, -0.2) is 4.79 Å². The van der Waals surface area contributed by atoms with Crippen LogP contribution in [0.2, 0.25) is 18.1 Å². The van der Waals surface area contributed by atoms with Gasteiger partial charge >= 0.3 is 5.97 Å². The summed E-state index contributed by atoms with van der Waals surface area (Å²) in [5.74, 6) is 5.22. The lowest BCUT2D eigenvalue weighted by Crippen LogP contribution is -2.43. The molecule has 0 N–H and O–H groups in total. The molecule has 0 aliphatic heterocycles. The molecule has 0 aliphatic rings. The zero-order valence-electron chi connectivity index (χ0n) is 19.1. The Bertz CT molecular complexity index is 454. The molecule has 0 saturated carbocycles. The maximum absolute atomic E-state index is 11.6. The molecule has 1 unspecified atom stereocenters. The summed E-state index contributed by atoms with van der Waals surface area (Å²) >= 11 is 0. The van der Waals surface area contributed by atoms with E-state index in [1.54, 1.807) is 6.92 Å². The van der Waals surface area contributed by atoms with Crippen LogP contribution in [0.3, 0.4) is 0 Å². The summed E-state index contributed by atoms with van der Waals surface area (Å²) in [4.78, 5) is 11.6. The lowest BCUT2D eigenvalue weighted by molar-refractivity contribution is -0.136. The summed E-state index contributed by atoms with van der Waals surface area (Å²) < 4.78 is 11.4. The fraction of sp³-hybridized carbons (Fsp3) is 0.870. The van der Waals surface area contributed by atoms with Gasteiger partial charge in [0, 0.05) is 5.92 Å². The molecule has 0 heterocycles. The number of hydrogen-bond donors (Lipinski definition) is 0. The number of carbonyl (C=O) groups is 1. The summed E-state index contributed by atoms with van der Waals surface area (Å²) in [6.45, 7) is 15.6. The molecule has 27 heavy (non-hydrogen) atoms. The van der Waals surface area contributed by atoms with Crippen LogP contribution in [-0.4, -0.2) is 27.0 Å². The molecule has 0 bridgehead atoms. The van der Waals surface area contributed by atoms with E-state index in [1.807, 2.05) is 0 Å². The first-order valence-corrected chi connectivity index (χ1v) is 13.9. The van der Waals surface area contributed by atoms with Crippen molar-refractivity contribution in [3.63, 3.8) is 0 Å². The number of hydrogen-bond acceptors (Lipinski definition) is 3. The van der Waals surface area contributed by atoms with E-state index in [4.69, 9.17) is 9.16 Å². The van der Waals surface area contributed by atoms with Crippen molar-refractivity contribution in [1.82, 2.24) is 0 Å². The van der Waals surface area contributed by atoms with Crippen LogP contribution in [0.15, 0.2) is 0 Å². The molecule has 0 saturated heterocycles. The van der Waals surface area contributed by atoms with Crippen molar-refractivity contribution in [2.75, 3.05) is 6.61 Å². The molecule has 158 valence electrons. The number of unbranched alkanes of at least 4 members (excludes halogenated alkanes) is 8. The molecule has 1 atom stereocenters. The first-order valence-electron chi connectivity index (χ1n) is 11.0. The minimum absolute atomic E-state index is 0.134. The van der Waals surface area contributed by atoms with E-state index in [9.17, 15) is 4.79 Å². The Kier molecular flexibility index (Phi) is 13.8. The Morgan fingerprint density at radius 1 is 0.926 bits per heavy atom. The van der Waals surface area contributed by atoms with Crippen LogP contribution in [0.25, 0.3) is 0 Å². The van der Waals surface area contributed by atoms with Gasteiger partial charge < -0.3 is 9.16 Å². The Hall–Kier alpha value is -0.793. The van der Waals surface area contributed by atoms with Crippen molar-refractivity contribution < 1.29 is 14.0 Å². The van der Waals surface area contributed by atoms with E-state index in [-0.39, 0.29) is 11.1 Å². The molecule has 0 radical (unpaired) electrons. The molecular weight excluding hydrogens is 352 g/mol. The van der Waals surface area contributed by atoms with Crippen LogP contribution >= 0.6 is 0 Å². The molecule has 0 aromatic rings. The van der Waals surface area contributed by atoms with Crippen molar-refractivity contribution in [3.8, 4) is 11.8 Å². The zero-order valence-corrected chi connectivity index (χ0v) is 20.1. The lowest BCUT2D eigenvalue weighted by Gasteiger charge is -2.38. The standard InChI is InChI=1S/C23H44O3Si/c1-8-10-11-12-13-14-15-16-17-18-21(19-20-22(24)25-9-2)26-27(6,7)23(3,4)5/h21H,8-18H2,1-7H3. The van der Waals surface area contributed by atoms with Gasteiger partial charge in [-0.1, -0.05) is 85.0 Å². The fourth-order valence-corrected chi connectivity index (χ4v) is 3.88. The van der Waals surface area contributed by atoms with Gasteiger partial charge in [0.1, 0.15) is 6.10 Å². The van der Waals surface area contributed by atoms with Crippen LogP contribution in [0.5, 0.6) is 0 Å². The van der Waals surface area contributed by atoms with Gasteiger partial charge in [-0.15, -0.1) is 0 Å². The van der Waals surface area contributed by atoms with Crippen molar-refractivity contribution in [2.45, 2.75) is 123 Å². The second-order valence-electron chi connectivity index (χ2n) is 8.97. The second-order valence-corrected chi connectivity index (χ2v) is 13.7. The molecule has 0 aliphatic carbocycles. The Morgan fingerprint density at radius 2 is 1.44 bits per heavy atom. The molecule has 3 nitrogen and oxygen atoms in total. The summed E-state index contributed by atoms with van der Waals surface area (Å²) in [7, 11) is -1.91. The van der Waals surface area contributed by atoms with Crippen LogP contribution < -0.4 is 0 Å². The van der Waals surface area contributed by atoms with Gasteiger partial charge in [0.2, 0.25) is 0 Å². The maximum atomic E-state index is 11.6. The Labute approximate surface area is 170 Å². The predicted molar refractivity (Wildman–Crippen MR) is 118 cm³/mol. The first-order chi connectivity index (χ1) is 12.6. The molecular formula is C23H44O3Si. The minimum atomic E-state index is -1.91. The average Bonchev–Trinajstić information content (AvgIpc) is 2.57. The van der Waals surface area contributed by atoms with Crippen molar-refractivity contribution in [3.05, 3.63) is 0 Å². The monoisotopic (exact) mass is 396 g/mol. The van der Waals surface area contributed by atoms with E-state index < -0.39 is 14.3 Å². The third-order valence-corrected chi connectivity index (χ3v) is 9.91. The Morgan fingerprint density at radius 3 is 1.93 bits per heavy atom. The topological polar surface area (TPSA) is 35.5 Å². The van der Waals surface area contributed by atoms with E-state index in [2.05, 4.69) is 52.6 Å². The van der Waals surface area contributed by atoms with Gasteiger partial charge in [0.05, 0.1) is 6.61 Å². The van der Waals surface area contributed by atoms with Crippen LogP contribution in [0.4, 0.5) is 0 Å². The summed E-state index contributed by atoms with van der Waals surface area (Å²) in [5.41, 5.74) is 0. The van der Waals surface area contributed by atoms with Gasteiger partial charge in [0.25, 0.3) is 0 Å². The van der Waals surface area contributed by atoms with Crippen LogP contribution in [-0.2, 0) is 14.0 Å². The summed E-state index contributed by atoms with van der Waals surface area (Å²) in [5, 5.41) is 0.134. The second kappa shape index (κ2) is 14.2. The van der Waals surface area contributed by atoms with Crippen molar-refractivity contribution in [2.24, 2.45) is 0 Å². The lowest BCUT2D eigenvalue weighted by atomic mass is 10.1. The largest absolute Gasteiger partial charge is 0.456 e. The molecule has 0 aromatic heterocycles.